The molecule has 2 N–H and O–H groups in total. The van der Waals surface area contributed by atoms with Crippen molar-refractivity contribution in [2.75, 3.05) is 31.1 Å². The quantitative estimate of drug-likeness (QED) is 0.805. The minimum absolute atomic E-state index is 0.479. The molecule has 114 valence electrons. The third-order valence-corrected chi connectivity index (χ3v) is 4.26. The van der Waals surface area contributed by atoms with Gasteiger partial charge in [0.15, 0.2) is 0 Å². The molecule has 1 aromatic heterocycles. The number of nitrogens with zero attached hydrogens (tertiary/aromatic N) is 3. The highest BCUT2D eigenvalue weighted by Crippen LogP contribution is 2.22. The van der Waals surface area contributed by atoms with Gasteiger partial charge in [0.2, 0.25) is 5.95 Å². The Kier molecular flexibility index (Phi) is 5.83. The van der Waals surface area contributed by atoms with Crippen molar-refractivity contribution >= 4 is 5.95 Å². The van der Waals surface area contributed by atoms with Crippen molar-refractivity contribution in [1.29, 1.82) is 0 Å². The van der Waals surface area contributed by atoms with E-state index in [0.717, 1.165) is 43.9 Å². The van der Waals surface area contributed by atoms with Crippen LogP contribution in [0.5, 0.6) is 0 Å². The van der Waals surface area contributed by atoms with Crippen molar-refractivity contribution in [3.05, 3.63) is 5.82 Å². The minimum Gasteiger partial charge on any atom is -0.340 e. The summed E-state index contributed by atoms with van der Waals surface area (Å²) in [4.78, 5) is 7.00. The second-order valence-electron chi connectivity index (χ2n) is 5.95. The summed E-state index contributed by atoms with van der Waals surface area (Å²) < 4.78 is 0. The fourth-order valence-corrected chi connectivity index (χ4v) is 2.88. The Morgan fingerprint density at radius 2 is 2.10 bits per heavy atom. The van der Waals surface area contributed by atoms with E-state index in [1.54, 1.807) is 0 Å². The molecule has 0 amide bonds. The molecule has 20 heavy (non-hydrogen) atoms. The Balaban J connectivity index is 1.84. The largest absolute Gasteiger partial charge is 0.340 e. The molecule has 5 heteroatoms. The van der Waals surface area contributed by atoms with E-state index in [9.17, 15) is 0 Å². The average molecular weight is 279 g/mol. The van der Waals surface area contributed by atoms with Crippen molar-refractivity contribution in [2.45, 2.75) is 52.4 Å². The van der Waals surface area contributed by atoms with Gasteiger partial charge in [0.1, 0.15) is 5.82 Å². The Hall–Kier alpha value is -1.10. The summed E-state index contributed by atoms with van der Waals surface area (Å²) >= 11 is 0. The number of hydrogen-bond acceptors (Lipinski definition) is 4. The summed E-state index contributed by atoms with van der Waals surface area (Å²) in [6.07, 6.45) is 4.83. The van der Waals surface area contributed by atoms with Gasteiger partial charge >= 0.3 is 0 Å². The SMILES string of the molecule is CCCC(C)c1nc(N2CCC(CNCC)CC2)n[nH]1. The molecule has 0 aliphatic carbocycles. The van der Waals surface area contributed by atoms with Gasteiger partial charge in [0.25, 0.3) is 0 Å². The van der Waals surface area contributed by atoms with Crippen LogP contribution in [0.1, 0.15) is 58.2 Å². The molecule has 1 saturated heterocycles. The summed E-state index contributed by atoms with van der Waals surface area (Å²) in [7, 11) is 0. The van der Waals surface area contributed by atoms with E-state index in [1.807, 2.05) is 0 Å². The van der Waals surface area contributed by atoms with Crippen LogP contribution < -0.4 is 10.2 Å². The Morgan fingerprint density at radius 1 is 1.35 bits per heavy atom. The van der Waals surface area contributed by atoms with E-state index in [4.69, 9.17) is 0 Å². The molecule has 1 fully saturated rings. The predicted octanol–water partition coefficient (Wildman–Crippen LogP) is 2.53. The number of hydrogen-bond donors (Lipinski definition) is 2. The van der Waals surface area contributed by atoms with Gasteiger partial charge in [0.05, 0.1) is 0 Å². The van der Waals surface area contributed by atoms with Crippen LogP contribution in [-0.2, 0) is 0 Å². The highest BCUT2D eigenvalue weighted by Gasteiger charge is 2.22. The fourth-order valence-electron chi connectivity index (χ4n) is 2.88. The summed E-state index contributed by atoms with van der Waals surface area (Å²) in [5.41, 5.74) is 0. The third kappa shape index (κ3) is 3.95. The van der Waals surface area contributed by atoms with Crippen LogP contribution in [0.2, 0.25) is 0 Å². The molecule has 0 spiro atoms. The van der Waals surface area contributed by atoms with E-state index < -0.39 is 0 Å². The first kappa shape index (κ1) is 15.3. The van der Waals surface area contributed by atoms with Gasteiger partial charge in [-0.2, -0.15) is 4.98 Å². The number of anilines is 1. The molecule has 1 unspecified atom stereocenters. The molecular formula is C15H29N5. The lowest BCUT2D eigenvalue weighted by molar-refractivity contribution is 0.384. The molecule has 1 aliphatic heterocycles. The van der Waals surface area contributed by atoms with E-state index in [-0.39, 0.29) is 0 Å². The van der Waals surface area contributed by atoms with Gasteiger partial charge in [-0.25, -0.2) is 0 Å². The van der Waals surface area contributed by atoms with Crippen molar-refractivity contribution < 1.29 is 0 Å². The molecule has 0 saturated carbocycles. The lowest BCUT2D eigenvalue weighted by Crippen LogP contribution is -2.37. The third-order valence-electron chi connectivity index (χ3n) is 4.26. The molecule has 2 rings (SSSR count). The molecule has 0 aromatic carbocycles. The molecule has 5 nitrogen and oxygen atoms in total. The van der Waals surface area contributed by atoms with Crippen LogP contribution in [0.15, 0.2) is 0 Å². The molecule has 2 heterocycles. The molecule has 0 radical (unpaired) electrons. The van der Waals surface area contributed by atoms with Gasteiger partial charge in [0, 0.05) is 19.0 Å². The summed E-state index contributed by atoms with van der Waals surface area (Å²) in [5, 5.41) is 11.0. The van der Waals surface area contributed by atoms with Gasteiger partial charge in [-0.05, 0) is 38.3 Å². The highest BCUT2D eigenvalue weighted by molar-refractivity contribution is 5.29. The smallest absolute Gasteiger partial charge is 0.244 e. The summed E-state index contributed by atoms with van der Waals surface area (Å²) in [6.45, 7) is 11.0. The summed E-state index contributed by atoms with van der Waals surface area (Å²) in [5.74, 6) is 3.22. The van der Waals surface area contributed by atoms with Crippen LogP contribution >= 0.6 is 0 Å². The molecule has 1 aromatic rings. The maximum Gasteiger partial charge on any atom is 0.244 e. The number of aromatic nitrogens is 3. The topological polar surface area (TPSA) is 56.8 Å². The van der Waals surface area contributed by atoms with Crippen LogP contribution in [0, 0.1) is 5.92 Å². The fraction of sp³-hybridized carbons (Fsp3) is 0.867. The standard InChI is InChI=1S/C15H29N5/c1-4-6-12(3)14-17-15(19-18-14)20-9-7-13(8-10-20)11-16-5-2/h12-13,16H,4-11H2,1-3H3,(H,17,18,19). The van der Waals surface area contributed by atoms with Crippen molar-refractivity contribution in [3.63, 3.8) is 0 Å². The first-order valence-corrected chi connectivity index (χ1v) is 8.12. The number of rotatable bonds is 7. The van der Waals surface area contributed by atoms with Crippen molar-refractivity contribution in [1.82, 2.24) is 20.5 Å². The van der Waals surface area contributed by atoms with E-state index in [1.165, 1.54) is 25.7 Å². The Bertz CT molecular complexity index is 381. The van der Waals surface area contributed by atoms with E-state index in [0.29, 0.717) is 5.92 Å². The monoisotopic (exact) mass is 279 g/mol. The molecule has 1 aliphatic rings. The highest BCUT2D eigenvalue weighted by atomic mass is 15.4. The van der Waals surface area contributed by atoms with Crippen LogP contribution in [0.4, 0.5) is 5.95 Å². The minimum atomic E-state index is 0.479. The van der Waals surface area contributed by atoms with Crippen LogP contribution in [-0.4, -0.2) is 41.4 Å². The number of nitrogens with one attached hydrogen (secondary N) is 2. The lowest BCUT2D eigenvalue weighted by Gasteiger charge is -2.31. The zero-order chi connectivity index (χ0) is 14.4. The first-order valence-electron chi connectivity index (χ1n) is 8.12. The van der Waals surface area contributed by atoms with Crippen molar-refractivity contribution in [3.8, 4) is 0 Å². The van der Waals surface area contributed by atoms with Gasteiger partial charge in [-0.15, -0.1) is 5.10 Å². The normalized spacial score (nSPS) is 18.4. The van der Waals surface area contributed by atoms with E-state index in [2.05, 4.69) is 46.2 Å². The Labute approximate surface area is 122 Å². The average Bonchev–Trinajstić information content (AvgIpc) is 2.96. The number of piperidine rings is 1. The lowest BCUT2D eigenvalue weighted by atomic mass is 9.97. The maximum atomic E-state index is 4.68. The molecular weight excluding hydrogens is 250 g/mol. The molecule has 1 atom stereocenters. The predicted molar refractivity (Wildman–Crippen MR) is 83.2 cm³/mol. The second-order valence-corrected chi connectivity index (χ2v) is 5.95. The zero-order valence-corrected chi connectivity index (χ0v) is 13.2. The van der Waals surface area contributed by atoms with E-state index >= 15 is 0 Å². The summed E-state index contributed by atoms with van der Waals surface area (Å²) in [6, 6.07) is 0. The Morgan fingerprint density at radius 3 is 2.75 bits per heavy atom. The maximum absolute atomic E-state index is 4.68. The second kappa shape index (κ2) is 7.62. The first-order chi connectivity index (χ1) is 9.74. The van der Waals surface area contributed by atoms with Crippen LogP contribution in [0.3, 0.4) is 0 Å². The van der Waals surface area contributed by atoms with Crippen molar-refractivity contribution in [2.24, 2.45) is 5.92 Å². The number of aromatic amines is 1. The molecule has 0 bridgehead atoms. The van der Waals surface area contributed by atoms with Crippen LogP contribution in [0.25, 0.3) is 0 Å². The number of H-pyrrole nitrogens is 1. The zero-order valence-electron chi connectivity index (χ0n) is 13.2. The van der Waals surface area contributed by atoms with Gasteiger partial charge in [-0.3, -0.25) is 5.10 Å². The van der Waals surface area contributed by atoms with Gasteiger partial charge in [-0.1, -0.05) is 27.2 Å². The van der Waals surface area contributed by atoms with Gasteiger partial charge < -0.3 is 10.2 Å².